The normalized spacial score (nSPS) is 16.2. The van der Waals surface area contributed by atoms with Crippen LogP contribution in [0.15, 0.2) is 42.5 Å². The summed E-state index contributed by atoms with van der Waals surface area (Å²) >= 11 is 0. The van der Waals surface area contributed by atoms with E-state index in [1.165, 1.54) is 12.1 Å². The number of carbonyl (C=O) groups is 1. The minimum absolute atomic E-state index is 0.0234. The lowest BCUT2D eigenvalue weighted by Gasteiger charge is -2.19. The fourth-order valence-electron chi connectivity index (χ4n) is 2.64. The van der Waals surface area contributed by atoms with Crippen LogP contribution in [0.1, 0.15) is 42.3 Å². The number of nitrogens with zero attached hydrogens (tertiary/aromatic N) is 1. The van der Waals surface area contributed by atoms with Crippen molar-refractivity contribution in [1.82, 2.24) is 0 Å². The molecular weight excluding hydrogens is 334 g/mol. The number of nitro groups is 1. The number of carbonyl (C=O) groups excluding carboxylic acids is 1. The SMILES string of the molecule is CC(C)(C)c1cccc(C(=O)c2cccc(OCC3CO3)c2[N+](=O)[O-])c1. The van der Waals surface area contributed by atoms with E-state index >= 15 is 0 Å². The first-order chi connectivity index (χ1) is 12.3. The molecule has 1 fully saturated rings. The summed E-state index contributed by atoms with van der Waals surface area (Å²) in [5.41, 5.74) is 0.999. The smallest absolute Gasteiger partial charge is 0.322 e. The van der Waals surface area contributed by atoms with Gasteiger partial charge in [-0.05, 0) is 29.2 Å². The maximum Gasteiger partial charge on any atom is 0.322 e. The van der Waals surface area contributed by atoms with E-state index in [0.29, 0.717) is 12.2 Å². The van der Waals surface area contributed by atoms with Crippen LogP contribution >= 0.6 is 0 Å². The Hall–Kier alpha value is -2.73. The van der Waals surface area contributed by atoms with Crippen molar-refractivity contribution in [2.75, 3.05) is 13.2 Å². The Labute approximate surface area is 151 Å². The van der Waals surface area contributed by atoms with Gasteiger partial charge in [-0.25, -0.2) is 0 Å². The zero-order valence-electron chi connectivity index (χ0n) is 15.0. The third-order valence-electron chi connectivity index (χ3n) is 4.24. The van der Waals surface area contributed by atoms with Crippen LogP contribution < -0.4 is 4.74 Å². The number of ketones is 1. The summed E-state index contributed by atoms with van der Waals surface area (Å²) in [7, 11) is 0. The average molecular weight is 355 g/mol. The van der Waals surface area contributed by atoms with Crippen LogP contribution in [-0.2, 0) is 10.2 Å². The Morgan fingerprint density at radius 1 is 1.27 bits per heavy atom. The van der Waals surface area contributed by atoms with Crippen molar-refractivity contribution in [2.24, 2.45) is 0 Å². The van der Waals surface area contributed by atoms with Crippen molar-refractivity contribution in [1.29, 1.82) is 0 Å². The highest BCUT2D eigenvalue weighted by atomic mass is 16.6. The predicted octanol–water partition coefficient (Wildman–Crippen LogP) is 3.90. The molecule has 136 valence electrons. The average Bonchev–Trinajstić information content (AvgIpc) is 3.42. The molecule has 0 spiro atoms. The molecule has 0 radical (unpaired) electrons. The van der Waals surface area contributed by atoms with Crippen LogP contribution in [0.5, 0.6) is 5.75 Å². The maximum absolute atomic E-state index is 13.0. The van der Waals surface area contributed by atoms with Crippen LogP contribution in [-0.4, -0.2) is 30.0 Å². The number of rotatable bonds is 6. The molecule has 6 heteroatoms. The molecule has 1 saturated heterocycles. The summed E-state index contributed by atoms with van der Waals surface area (Å²) in [5, 5.41) is 11.6. The molecule has 0 amide bonds. The minimum atomic E-state index is -0.566. The van der Waals surface area contributed by atoms with Gasteiger partial charge in [-0.3, -0.25) is 14.9 Å². The van der Waals surface area contributed by atoms with Crippen molar-refractivity contribution >= 4 is 11.5 Å². The number of epoxide rings is 1. The van der Waals surface area contributed by atoms with Crippen molar-refractivity contribution in [2.45, 2.75) is 32.3 Å². The lowest BCUT2D eigenvalue weighted by Crippen LogP contribution is -2.13. The van der Waals surface area contributed by atoms with Crippen LogP contribution in [0.4, 0.5) is 5.69 Å². The molecule has 3 rings (SSSR count). The Balaban J connectivity index is 1.98. The zero-order valence-corrected chi connectivity index (χ0v) is 15.0. The van der Waals surface area contributed by atoms with Crippen LogP contribution in [0.2, 0.25) is 0 Å². The van der Waals surface area contributed by atoms with Crippen molar-refractivity contribution in [3.05, 3.63) is 69.3 Å². The second-order valence-corrected chi connectivity index (χ2v) is 7.34. The maximum atomic E-state index is 13.0. The van der Waals surface area contributed by atoms with Gasteiger partial charge in [0, 0.05) is 5.56 Å². The number of hydrogen-bond donors (Lipinski definition) is 0. The standard InChI is InChI=1S/C20H21NO5/c1-20(2,3)14-7-4-6-13(10-14)19(22)16-8-5-9-17(18(16)21(23)24)26-12-15-11-25-15/h4-10,15H,11-12H2,1-3H3. The van der Waals surface area contributed by atoms with Gasteiger partial charge in [0.15, 0.2) is 11.5 Å². The Bertz CT molecular complexity index is 850. The lowest BCUT2D eigenvalue weighted by atomic mass is 9.85. The van der Waals surface area contributed by atoms with Gasteiger partial charge in [0.25, 0.3) is 0 Å². The van der Waals surface area contributed by atoms with Gasteiger partial charge < -0.3 is 9.47 Å². The summed E-state index contributed by atoms with van der Waals surface area (Å²) in [4.78, 5) is 24.0. The van der Waals surface area contributed by atoms with E-state index < -0.39 is 10.7 Å². The number of ether oxygens (including phenoxy) is 2. The number of benzene rings is 2. The topological polar surface area (TPSA) is 82.0 Å². The molecule has 0 N–H and O–H groups in total. The monoisotopic (exact) mass is 355 g/mol. The van der Waals surface area contributed by atoms with E-state index in [1.54, 1.807) is 24.3 Å². The molecular formula is C20H21NO5. The molecule has 0 bridgehead atoms. The highest BCUT2D eigenvalue weighted by Crippen LogP contribution is 2.33. The van der Waals surface area contributed by atoms with E-state index in [0.717, 1.165) is 5.56 Å². The summed E-state index contributed by atoms with van der Waals surface area (Å²) in [6, 6.07) is 11.8. The van der Waals surface area contributed by atoms with E-state index in [2.05, 4.69) is 0 Å². The minimum Gasteiger partial charge on any atom is -0.484 e. The van der Waals surface area contributed by atoms with E-state index in [9.17, 15) is 14.9 Å². The predicted molar refractivity (Wildman–Crippen MR) is 96.9 cm³/mol. The Kier molecular flexibility index (Phi) is 4.78. The number of nitro benzene ring substituents is 1. The van der Waals surface area contributed by atoms with Gasteiger partial charge in [-0.1, -0.05) is 45.0 Å². The van der Waals surface area contributed by atoms with Gasteiger partial charge in [-0.15, -0.1) is 0 Å². The second-order valence-electron chi connectivity index (χ2n) is 7.34. The Morgan fingerprint density at radius 2 is 1.96 bits per heavy atom. The fourth-order valence-corrected chi connectivity index (χ4v) is 2.64. The molecule has 1 unspecified atom stereocenters. The van der Waals surface area contributed by atoms with Crippen molar-refractivity contribution in [3.8, 4) is 5.75 Å². The van der Waals surface area contributed by atoms with Crippen LogP contribution in [0, 0.1) is 10.1 Å². The summed E-state index contributed by atoms with van der Waals surface area (Å²) in [6.07, 6.45) is -0.0302. The fraction of sp³-hybridized carbons (Fsp3) is 0.350. The van der Waals surface area contributed by atoms with Crippen molar-refractivity contribution < 1.29 is 19.2 Å². The molecule has 0 aromatic heterocycles. The molecule has 0 saturated carbocycles. The van der Waals surface area contributed by atoms with Crippen LogP contribution in [0.25, 0.3) is 0 Å². The molecule has 2 aromatic rings. The number of hydrogen-bond acceptors (Lipinski definition) is 5. The largest absolute Gasteiger partial charge is 0.484 e. The summed E-state index contributed by atoms with van der Waals surface area (Å²) in [5.74, 6) is -0.306. The third kappa shape index (κ3) is 3.91. The van der Waals surface area contributed by atoms with Crippen molar-refractivity contribution in [3.63, 3.8) is 0 Å². The molecule has 1 heterocycles. The van der Waals surface area contributed by atoms with E-state index in [-0.39, 0.29) is 35.1 Å². The van der Waals surface area contributed by atoms with Gasteiger partial charge in [0.2, 0.25) is 0 Å². The molecule has 2 aromatic carbocycles. The molecule has 6 nitrogen and oxygen atoms in total. The third-order valence-corrected chi connectivity index (χ3v) is 4.24. The zero-order chi connectivity index (χ0) is 18.9. The lowest BCUT2D eigenvalue weighted by molar-refractivity contribution is -0.386. The molecule has 1 atom stereocenters. The van der Waals surface area contributed by atoms with Gasteiger partial charge in [0.05, 0.1) is 11.5 Å². The Morgan fingerprint density at radius 3 is 2.58 bits per heavy atom. The first-order valence-corrected chi connectivity index (χ1v) is 8.44. The van der Waals surface area contributed by atoms with Crippen LogP contribution in [0.3, 0.4) is 0 Å². The second kappa shape index (κ2) is 6.88. The molecule has 1 aliphatic heterocycles. The molecule has 1 aliphatic rings. The number of para-hydroxylation sites is 1. The first kappa shape index (κ1) is 18.1. The van der Waals surface area contributed by atoms with E-state index in [4.69, 9.17) is 9.47 Å². The van der Waals surface area contributed by atoms with Gasteiger partial charge >= 0.3 is 5.69 Å². The highest BCUT2D eigenvalue weighted by Gasteiger charge is 2.29. The van der Waals surface area contributed by atoms with Gasteiger partial charge in [0.1, 0.15) is 18.3 Å². The molecule has 0 aliphatic carbocycles. The van der Waals surface area contributed by atoms with Gasteiger partial charge in [-0.2, -0.15) is 0 Å². The quantitative estimate of drug-likeness (QED) is 0.340. The summed E-state index contributed by atoms with van der Waals surface area (Å²) in [6.45, 7) is 6.97. The summed E-state index contributed by atoms with van der Waals surface area (Å²) < 4.78 is 10.6. The first-order valence-electron chi connectivity index (χ1n) is 8.44. The molecule has 26 heavy (non-hydrogen) atoms. The highest BCUT2D eigenvalue weighted by molar-refractivity contribution is 6.12. The van der Waals surface area contributed by atoms with E-state index in [1.807, 2.05) is 26.8 Å².